The fraction of sp³-hybridized carbons (Fsp3) is 0.286. The van der Waals surface area contributed by atoms with Crippen LogP contribution in [0.25, 0.3) is 10.4 Å². The van der Waals surface area contributed by atoms with E-state index in [0.717, 1.165) is 47.6 Å². The Labute approximate surface area is 168 Å². The summed E-state index contributed by atoms with van der Waals surface area (Å²) in [7, 11) is 2.16. The highest BCUT2D eigenvalue weighted by molar-refractivity contribution is 7.18. The number of benzene rings is 1. The van der Waals surface area contributed by atoms with Crippen molar-refractivity contribution in [3.05, 3.63) is 54.4 Å². The highest BCUT2D eigenvalue weighted by Gasteiger charge is 2.15. The van der Waals surface area contributed by atoms with Gasteiger partial charge in [0.2, 0.25) is 0 Å². The predicted octanol–water partition coefficient (Wildman–Crippen LogP) is 3.90. The first-order valence-electron chi connectivity index (χ1n) is 9.32. The van der Waals surface area contributed by atoms with Crippen molar-refractivity contribution in [1.82, 2.24) is 14.9 Å². The van der Waals surface area contributed by atoms with Crippen LogP contribution in [0, 0.1) is 0 Å². The third-order valence-electron chi connectivity index (χ3n) is 4.91. The Kier molecular flexibility index (Phi) is 5.36. The van der Waals surface area contributed by atoms with E-state index in [1.54, 1.807) is 18.3 Å². The molecule has 0 spiro atoms. The maximum absolute atomic E-state index is 11.6. The van der Waals surface area contributed by atoms with Crippen molar-refractivity contribution in [1.29, 1.82) is 0 Å². The maximum atomic E-state index is 11.6. The predicted molar refractivity (Wildman–Crippen MR) is 115 cm³/mol. The van der Waals surface area contributed by atoms with Gasteiger partial charge < -0.3 is 15.1 Å². The van der Waals surface area contributed by atoms with Gasteiger partial charge in [-0.15, -0.1) is 0 Å². The molecule has 0 bridgehead atoms. The van der Waals surface area contributed by atoms with Gasteiger partial charge >= 0.3 is 0 Å². The number of nitrogens with zero attached hydrogens (tertiary/aromatic N) is 4. The number of rotatable bonds is 5. The van der Waals surface area contributed by atoms with E-state index >= 15 is 0 Å². The van der Waals surface area contributed by atoms with Gasteiger partial charge in [-0.05, 0) is 31.7 Å². The molecular formula is C21H23N5OS. The van der Waals surface area contributed by atoms with Crippen LogP contribution in [-0.2, 0) is 0 Å². The lowest BCUT2D eigenvalue weighted by Gasteiger charge is -2.34. The fourth-order valence-electron chi connectivity index (χ4n) is 3.22. The number of anilines is 3. The van der Waals surface area contributed by atoms with Crippen molar-refractivity contribution in [2.75, 3.05) is 43.4 Å². The molecule has 28 heavy (non-hydrogen) atoms. The quantitative estimate of drug-likeness (QED) is 0.664. The van der Waals surface area contributed by atoms with Crippen LogP contribution in [0.4, 0.5) is 16.6 Å². The SMILES string of the molecule is CC(=O)c1cccc(-c2cnc(Nc3cc(N4CCN(C)CC4)ccn3)s2)c1. The molecule has 6 nitrogen and oxygen atoms in total. The third-order valence-corrected chi connectivity index (χ3v) is 5.87. The van der Waals surface area contributed by atoms with Crippen LogP contribution in [-0.4, -0.2) is 53.9 Å². The Bertz CT molecular complexity index is 978. The summed E-state index contributed by atoms with van der Waals surface area (Å²) >= 11 is 1.55. The number of hydrogen-bond donors (Lipinski definition) is 1. The summed E-state index contributed by atoms with van der Waals surface area (Å²) in [5, 5.41) is 4.10. The first-order valence-corrected chi connectivity index (χ1v) is 10.1. The minimum Gasteiger partial charge on any atom is -0.369 e. The molecule has 1 aliphatic heterocycles. The molecule has 7 heteroatoms. The van der Waals surface area contributed by atoms with Gasteiger partial charge in [-0.1, -0.05) is 29.5 Å². The van der Waals surface area contributed by atoms with Crippen molar-refractivity contribution < 1.29 is 4.79 Å². The molecule has 1 aliphatic rings. The van der Waals surface area contributed by atoms with E-state index in [1.165, 1.54) is 5.69 Å². The van der Waals surface area contributed by atoms with E-state index in [4.69, 9.17) is 0 Å². The lowest BCUT2D eigenvalue weighted by molar-refractivity contribution is 0.101. The highest BCUT2D eigenvalue weighted by Crippen LogP contribution is 2.31. The monoisotopic (exact) mass is 393 g/mol. The molecule has 2 aromatic heterocycles. The number of hydrogen-bond acceptors (Lipinski definition) is 7. The van der Waals surface area contributed by atoms with E-state index < -0.39 is 0 Å². The summed E-state index contributed by atoms with van der Waals surface area (Å²) < 4.78 is 0. The van der Waals surface area contributed by atoms with Crippen molar-refractivity contribution in [2.45, 2.75) is 6.92 Å². The molecule has 1 N–H and O–H groups in total. The van der Waals surface area contributed by atoms with Gasteiger partial charge in [0.25, 0.3) is 0 Å². The zero-order valence-corrected chi connectivity index (χ0v) is 16.9. The normalized spacial score (nSPS) is 14.9. The topological polar surface area (TPSA) is 61.4 Å². The molecule has 0 amide bonds. The third kappa shape index (κ3) is 4.21. The van der Waals surface area contributed by atoms with Crippen LogP contribution in [0.1, 0.15) is 17.3 Å². The second-order valence-corrected chi connectivity index (χ2v) is 8.01. The van der Waals surface area contributed by atoms with Crippen LogP contribution in [0.2, 0.25) is 0 Å². The summed E-state index contributed by atoms with van der Waals surface area (Å²) in [6, 6.07) is 11.8. The molecule has 1 aromatic carbocycles. The number of ketones is 1. The second kappa shape index (κ2) is 8.08. The van der Waals surface area contributed by atoms with Crippen LogP contribution >= 0.6 is 11.3 Å². The van der Waals surface area contributed by atoms with Crippen molar-refractivity contribution in [3.63, 3.8) is 0 Å². The standard InChI is InChI=1S/C21H23N5OS/c1-15(27)16-4-3-5-17(12-16)19-14-23-21(28-19)24-20-13-18(6-7-22-20)26-10-8-25(2)9-11-26/h3-7,12-14H,8-11H2,1-2H3,(H,22,23,24). The van der Waals surface area contributed by atoms with Crippen LogP contribution < -0.4 is 10.2 Å². The average Bonchev–Trinajstić information content (AvgIpc) is 3.17. The number of carbonyl (C=O) groups is 1. The molecule has 0 radical (unpaired) electrons. The van der Waals surface area contributed by atoms with Crippen LogP contribution in [0.5, 0.6) is 0 Å². The molecule has 4 rings (SSSR count). The fourth-order valence-corrected chi connectivity index (χ4v) is 4.04. The number of piperazine rings is 1. The van der Waals surface area contributed by atoms with E-state index in [9.17, 15) is 4.79 Å². The number of thiazole rings is 1. The van der Waals surface area contributed by atoms with Crippen molar-refractivity contribution >= 4 is 33.8 Å². The molecule has 0 unspecified atom stereocenters. The Morgan fingerprint density at radius 2 is 1.93 bits per heavy atom. The van der Waals surface area contributed by atoms with Gasteiger partial charge in [0.1, 0.15) is 5.82 Å². The first-order chi connectivity index (χ1) is 13.6. The molecular weight excluding hydrogens is 370 g/mol. The van der Waals surface area contributed by atoms with Crippen LogP contribution in [0.3, 0.4) is 0 Å². The molecule has 144 valence electrons. The number of nitrogens with one attached hydrogen (secondary N) is 1. The zero-order valence-electron chi connectivity index (χ0n) is 16.1. The molecule has 3 aromatic rings. The first kappa shape index (κ1) is 18.6. The molecule has 3 heterocycles. The summed E-state index contributed by atoms with van der Waals surface area (Å²) in [6.45, 7) is 5.76. The van der Waals surface area contributed by atoms with Gasteiger partial charge in [-0.25, -0.2) is 9.97 Å². The summed E-state index contributed by atoms with van der Waals surface area (Å²) in [5.74, 6) is 0.851. The summed E-state index contributed by atoms with van der Waals surface area (Å²) in [4.78, 5) is 26.3. The Morgan fingerprint density at radius 1 is 1.11 bits per heavy atom. The molecule has 1 fully saturated rings. The summed E-state index contributed by atoms with van der Waals surface area (Å²) in [5.41, 5.74) is 2.89. The van der Waals surface area contributed by atoms with E-state index in [-0.39, 0.29) is 5.78 Å². The Balaban J connectivity index is 1.49. The van der Waals surface area contributed by atoms with Crippen LogP contribution in [0.15, 0.2) is 48.8 Å². The number of likely N-dealkylation sites (N-methyl/N-ethyl adjacent to an activating group) is 1. The number of Topliss-reactive ketones (excluding diaryl/α,β-unsaturated/α-hetero) is 1. The highest BCUT2D eigenvalue weighted by atomic mass is 32.1. The maximum Gasteiger partial charge on any atom is 0.188 e. The smallest absolute Gasteiger partial charge is 0.188 e. The Hall–Kier alpha value is -2.77. The van der Waals surface area contributed by atoms with Crippen molar-refractivity contribution in [3.8, 4) is 10.4 Å². The summed E-state index contributed by atoms with van der Waals surface area (Å²) in [6.07, 6.45) is 3.66. The number of carbonyl (C=O) groups excluding carboxylic acids is 1. The van der Waals surface area contributed by atoms with Gasteiger partial charge in [0.15, 0.2) is 10.9 Å². The van der Waals surface area contributed by atoms with Gasteiger partial charge in [-0.2, -0.15) is 0 Å². The van der Waals surface area contributed by atoms with E-state index in [1.807, 2.05) is 36.7 Å². The second-order valence-electron chi connectivity index (χ2n) is 6.98. The van der Waals surface area contributed by atoms with Gasteiger partial charge in [-0.3, -0.25) is 4.79 Å². The molecule has 0 atom stereocenters. The van der Waals surface area contributed by atoms with E-state index in [2.05, 4.69) is 44.3 Å². The minimum absolute atomic E-state index is 0.0645. The molecule has 0 aliphatic carbocycles. The Morgan fingerprint density at radius 3 is 2.71 bits per heavy atom. The average molecular weight is 394 g/mol. The largest absolute Gasteiger partial charge is 0.369 e. The zero-order chi connectivity index (χ0) is 19.5. The van der Waals surface area contributed by atoms with E-state index in [0.29, 0.717) is 5.56 Å². The minimum atomic E-state index is 0.0645. The van der Waals surface area contributed by atoms with Gasteiger partial charge in [0, 0.05) is 55.9 Å². The molecule has 1 saturated heterocycles. The lowest BCUT2D eigenvalue weighted by Crippen LogP contribution is -2.44. The number of pyridine rings is 1. The number of aromatic nitrogens is 2. The van der Waals surface area contributed by atoms with Gasteiger partial charge in [0.05, 0.1) is 4.88 Å². The van der Waals surface area contributed by atoms with Crippen molar-refractivity contribution in [2.24, 2.45) is 0 Å². The lowest BCUT2D eigenvalue weighted by atomic mass is 10.1. The molecule has 0 saturated carbocycles.